The Hall–Kier alpha value is -2.04. The molecule has 4 nitrogen and oxygen atoms in total. The summed E-state index contributed by atoms with van der Waals surface area (Å²) in [5, 5.41) is 13.3. The van der Waals surface area contributed by atoms with Crippen molar-refractivity contribution in [2.75, 3.05) is 27.3 Å². The monoisotopic (exact) mass is 301 g/mol. The second kappa shape index (κ2) is 8.41. The number of hydrogen-bond acceptors (Lipinski definition) is 4. The number of aliphatic hydroxyl groups excluding tert-OH is 1. The summed E-state index contributed by atoms with van der Waals surface area (Å²) in [7, 11) is 3.26. The first kappa shape index (κ1) is 16.3. The molecular weight excluding hydrogens is 278 g/mol. The largest absolute Gasteiger partial charge is 0.493 e. The van der Waals surface area contributed by atoms with Gasteiger partial charge in [0.15, 0.2) is 11.5 Å². The van der Waals surface area contributed by atoms with Crippen LogP contribution in [0, 0.1) is 0 Å². The molecular formula is C18H23NO3. The van der Waals surface area contributed by atoms with Crippen molar-refractivity contribution in [1.82, 2.24) is 5.32 Å². The van der Waals surface area contributed by atoms with Crippen LogP contribution in [0.4, 0.5) is 0 Å². The zero-order valence-corrected chi connectivity index (χ0v) is 13.1. The highest BCUT2D eigenvalue weighted by molar-refractivity contribution is 5.42. The predicted octanol–water partition coefficient (Wildman–Crippen LogP) is 2.57. The first-order valence-corrected chi connectivity index (χ1v) is 7.39. The van der Waals surface area contributed by atoms with E-state index in [-0.39, 0.29) is 0 Å². The van der Waals surface area contributed by atoms with Crippen molar-refractivity contribution >= 4 is 0 Å². The Morgan fingerprint density at radius 3 is 2.41 bits per heavy atom. The second-order valence-electron chi connectivity index (χ2n) is 5.07. The standard InChI is InChI=1S/C18H23NO3/c1-21-17-9-8-14(12-18(17)22-2)10-11-19-13-16(20)15-6-4-3-5-7-15/h3-9,12,16,19-20H,10-11,13H2,1-2H3/t16-/m1/s1. The lowest BCUT2D eigenvalue weighted by atomic mass is 10.1. The summed E-state index contributed by atoms with van der Waals surface area (Å²) in [5.74, 6) is 1.48. The molecule has 0 saturated heterocycles. The van der Waals surface area contributed by atoms with Gasteiger partial charge in [-0.1, -0.05) is 36.4 Å². The Morgan fingerprint density at radius 1 is 1.00 bits per heavy atom. The molecule has 1 atom stereocenters. The first-order valence-electron chi connectivity index (χ1n) is 7.39. The average molecular weight is 301 g/mol. The third-order valence-corrected chi connectivity index (χ3v) is 3.56. The van der Waals surface area contributed by atoms with Gasteiger partial charge >= 0.3 is 0 Å². The van der Waals surface area contributed by atoms with Gasteiger partial charge in [-0.15, -0.1) is 0 Å². The minimum absolute atomic E-state index is 0.480. The van der Waals surface area contributed by atoms with Gasteiger partial charge < -0.3 is 19.9 Å². The van der Waals surface area contributed by atoms with E-state index in [1.54, 1.807) is 14.2 Å². The number of nitrogens with one attached hydrogen (secondary N) is 1. The third-order valence-electron chi connectivity index (χ3n) is 3.56. The second-order valence-corrected chi connectivity index (χ2v) is 5.07. The average Bonchev–Trinajstić information content (AvgIpc) is 2.59. The quantitative estimate of drug-likeness (QED) is 0.736. The molecule has 2 N–H and O–H groups in total. The van der Waals surface area contributed by atoms with Crippen LogP contribution in [-0.4, -0.2) is 32.4 Å². The van der Waals surface area contributed by atoms with Crippen LogP contribution in [0.5, 0.6) is 11.5 Å². The highest BCUT2D eigenvalue weighted by Gasteiger charge is 2.07. The van der Waals surface area contributed by atoms with Crippen molar-refractivity contribution < 1.29 is 14.6 Å². The van der Waals surface area contributed by atoms with Crippen LogP contribution in [0.25, 0.3) is 0 Å². The number of methoxy groups -OCH3 is 2. The van der Waals surface area contributed by atoms with Gasteiger partial charge in [-0.2, -0.15) is 0 Å². The molecule has 2 aromatic rings. The van der Waals surface area contributed by atoms with Crippen molar-refractivity contribution in [3.8, 4) is 11.5 Å². The van der Waals surface area contributed by atoms with Crippen molar-refractivity contribution in [1.29, 1.82) is 0 Å². The zero-order chi connectivity index (χ0) is 15.8. The maximum atomic E-state index is 10.1. The molecule has 0 amide bonds. The molecule has 0 aliphatic heterocycles. The van der Waals surface area contributed by atoms with E-state index in [0.717, 1.165) is 30.0 Å². The molecule has 0 fully saturated rings. The van der Waals surface area contributed by atoms with Crippen LogP contribution in [-0.2, 0) is 6.42 Å². The van der Waals surface area contributed by atoms with Gasteiger partial charge in [0.2, 0.25) is 0 Å². The minimum Gasteiger partial charge on any atom is -0.493 e. The molecule has 0 aliphatic carbocycles. The van der Waals surface area contributed by atoms with E-state index >= 15 is 0 Å². The first-order chi connectivity index (χ1) is 10.7. The molecule has 0 aromatic heterocycles. The van der Waals surface area contributed by atoms with Gasteiger partial charge in [0.05, 0.1) is 20.3 Å². The summed E-state index contributed by atoms with van der Waals surface area (Å²) in [6.45, 7) is 1.33. The van der Waals surface area contributed by atoms with E-state index < -0.39 is 6.10 Å². The maximum Gasteiger partial charge on any atom is 0.160 e. The SMILES string of the molecule is COc1ccc(CCNC[C@@H](O)c2ccccc2)cc1OC. The summed E-state index contributed by atoms with van der Waals surface area (Å²) < 4.78 is 10.5. The molecule has 22 heavy (non-hydrogen) atoms. The van der Waals surface area contributed by atoms with Gasteiger partial charge in [0.1, 0.15) is 0 Å². The van der Waals surface area contributed by atoms with Gasteiger partial charge in [-0.05, 0) is 36.2 Å². The van der Waals surface area contributed by atoms with Crippen LogP contribution >= 0.6 is 0 Å². The van der Waals surface area contributed by atoms with Crippen molar-refractivity contribution in [3.05, 3.63) is 59.7 Å². The number of ether oxygens (including phenoxy) is 2. The lowest BCUT2D eigenvalue weighted by Gasteiger charge is -2.13. The molecule has 2 aromatic carbocycles. The van der Waals surface area contributed by atoms with Crippen molar-refractivity contribution in [3.63, 3.8) is 0 Å². The molecule has 0 spiro atoms. The van der Waals surface area contributed by atoms with E-state index in [0.29, 0.717) is 6.54 Å². The Labute approximate surface area is 131 Å². The van der Waals surface area contributed by atoms with Crippen molar-refractivity contribution in [2.24, 2.45) is 0 Å². The topological polar surface area (TPSA) is 50.7 Å². The normalized spacial score (nSPS) is 12.0. The molecule has 0 unspecified atom stereocenters. The summed E-state index contributed by atoms with van der Waals surface area (Å²) in [6.07, 6.45) is 0.383. The molecule has 4 heteroatoms. The summed E-state index contributed by atoms with van der Waals surface area (Å²) in [4.78, 5) is 0. The van der Waals surface area contributed by atoms with Crippen LogP contribution in [0.15, 0.2) is 48.5 Å². The Kier molecular flexibility index (Phi) is 6.25. The molecule has 0 bridgehead atoms. The summed E-state index contributed by atoms with van der Waals surface area (Å²) in [6, 6.07) is 15.6. The fourth-order valence-electron chi connectivity index (χ4n) is 2.30. The minimum atomic E-state index is -0.480. The smallest absolute Gasteiger partial charge is 0.160 e. The van der Waals surface area contributed by atoms with Crippen LogP contribution < -0.4 is 14.8 Å². The Balaban J connectivity index is 1.79. The number of hydrogen-bond donors (Lipinski definition) is 2. The number of rotatable bonds is 8. The van der Waals surface area contributed by atoms with Crippen molar-refractivity contribution in [2.45, 2.75) is 12.5 Å². The third kappa shape index (κ3) is 4.48. The zero-order valence-electron chi connectivity index (χ0n) is 13.1. The van der Waals surface area contributed by atoms with Crippen LogP contribution in [0.3, 0.4) is 0 Å². The van der Waals surface area contributed by atoms with E-state index in [2.05, 4.69) is 5.32 Å². The number of aliphatic hydroxyl groups is 1. The molecule has 2 rings (SSSR count). The van der Waals surface area contributed by atoms with Gasteiger partial charge in [-0.25, -0.2) is 0 Å². The molecule has 0 radical (unpaired) electrons. The van der Waals surface area contributed by atoms with Gasteiger partial charge in [-0.3, -0.25) is 0 Å². The number of benzene rings is 2. The van der Waals surface area contributed by atoms with Crippen LogP contribution in [0.2, 0.25) is 0 Å². The van der Waals surface area contributed by atoms with Crippen LogP contribution in [0.1, 0.15) is 17.2 Å². The Morgan fingerprint density at radius 2 is 1.73 bits per heavy atom. The van der Waals surface area contributed by atoms with Gasteiger partial charge in [0, 0.05) is 6.54 Å². The fourth-order valence-corrected chi connectivity index (χ4v) is 2.30. The predicted molar refractivity (Wildman–Crippen MR) is 87.5 cm³/mol. The van der Waals surface area contributed by atoms with E-state index in [1.165, 1.54) is 5.56 Å². The summed E-state index contributed by atoms with van der Waals surface area (Å²) >= 11 is 0. The maximum absolute atomic E-state index is 10.1. The van der Waals surface area contributed by atoms with E-state index in [4.69, 9.17) is 9.47 Å². The summed E-state index contributed by atoms with van der Waals surface area (Å²) in [5.41, 5.74) is 2.10. The molecule has 0 aliphatic rings. The highest BCUT2D eigenvalue weighted by atomic mass is 16.5. The molecule has 0 saturated carbocycles. The van der Waals surface area contributed by atoms with E-state index in [9.17, 15) is 5.11 Å². The Bertz CT molecular complexity index is 572. The fraction of sp³-hybridized carbons (Fsp3) is 0.333. The van der Waals surface area contributed by atoms with Gasteiger partial charge in [0.25, 0.3) is 0 Å². The molecule has 0 heterocycles. The van der Waals surface area contributed by atoms with E-state index in [1.807, 2.05) is 48.5 Å². The lowest BCUT2D eigenvalue weighted by molar-refractivity contribution is 0.175. The molecule has 118 valence electrons. The lowest BCUT2D eigenvalue weighted by Crippen LogP contribution is -2.23. The highest BCUT2D eigenvalue weighted by Crippen LogP contribution is 2.27.